The molecule has 5 heterocycles. The number of esters is 2. The van der Waals surface area contributed by atoms with Crippen molar-refractivity contribution in [3.05, 3.63) is 170 Å². The summed E-state index contributed by atoms with van der Waals surface area (Å²) >= 11 is 12.5. The fourth-order valence-corrected chi connectivity index (χ4v) is 8.13. The molecule has 3 aliphatic rings. The van der Waals surface area contributed by atoms with Crippen LogP contribution in [0.2, 0.25) is 10.0 Å². The summed E-state index contributed by atoms with van der Waals surface area (Å²) in [4.78, 5) is 70.0. The lowest BCUT2D eigenvalue weighted by Crippen LogP contribution is -2.56. The van der Waals surface area contributed by atoms with Crippen LogP contribution in [0.5, 0.6) is 5.75 Å². The number of carbonyl (C=O) groups excluding carboxylic acids is 4. The maximum Gasteiger partial charge on any atom is 0.347 e. The highest BCUT2D eigenvalue weighted by molar-refractivity contribution is 6.31. The molecule has 336 valence electrons. The smallest absolute Gasteiger partial charge is 0.347 e. The van der Waals surface area contributed by atoms with Gasteiger partial charge < -0.3 is 35.2 Å². The van der Waals surface area contributed by atoms with Gasteiger partial charge in [-0.3, -0.25) is 14.6 Å². The Morgan fingerprint density at radius 2 is 1.36 bits per heavy atom. The molecule has 6 aromatic rings. The van der Waals surface area contributed by atoms with Crippen molar-refractivity contribution in [3.8, 4) is 5.75 Å². The SMILES string of the molecule is Cc1cc(F)ccc1NC1CN(c2ncc(Cl)cc2C(=O)NC2(c3ccc(C(=O)OC(=O)c4ccc(CNC(=O)c5cc(Cl)cnc5N5CC(Oc6cccc(F)c6)C5)nc4)cc3)CC2)C1. The third-order valence-corrected chi connectivity index (χ3v) is 12.0. The number of hydrogen-bond acceptors (Lipinski definition) is 12. The predicted molar refractivity (Wildman–Crippen MR) is 242 cm³/mol. The van der Waals surface area contributed by atoms with Crippen molar-refractivity contribution in [2.45, 2.75) is 44.0 Å². The van der Waals surface area contributed by atoms with Gasteiger partial charge in [0.15, 0.2) is 0 Å². The number of aryl methyl sites for hydroxylation is 1. The van der Waals surface area contributed by atoms with E-state index >= 15 is 0 Å². The van der Waals surface area contributed by atoms with Gasteiger partial charge in [-0.05, 0) is 97.6 Å². The van der Waals surface area contributed by atoms with Crippen LogP contribution in [0.1, 0.15) is 71.1 Å². The molecule has 0 spiro atoms. The number of aromatic nitrogens is 3. The first kappa shape index (κ1) is 44.1. The largest absolute Gasteiger partial charge is 0.487 e. The molecule has 2 amide bonds. The highest BCUT2D eigenvalue weighted by Crippen LogP contribution is 2.46. The second-order valence-electron chi connectivity index (χ2n) is 16.4. The van der Waals surface area contributed by atoms with E-state index in [9.17, 15) is 28.0 Å². The molecule has 66 heavy (non-hydrogen) atoms. The molecule has 2 saturated heterocycles. The first-order valence-electron chi connectivity index (χ1n) is 21.0. The van der Waals surface area contributed by atoms with E-state index in [1.165, 1.54) is 73.2 Å². The summed E-state index contributed by atoms with van der Waals surface area (Å²) in [7, 11) is 0. The molecule has 9 rings (SSSR count). The molecule has 3 aromatic carbocycles. The van der Waals surface area contributed by atoms with E-state index in [2.05, 4.69) is 30.9 Å². The van der Waals surface area contributed by atoms with Crippen LogP contribution >= 0.6 is 23.2 Å². The van der Waals surface area contributed by atoms with Crippen molar-refractivity contribution >= 4 is 64.3 Å². The van der Waals surface area contributed by atoms with E-state index in [0.29, 0.717) is 72.7 Å². The summed E-state index contributed by atoms with van der Waals surface area (Å²) in [5.41, 5.74) is 2.88. The summed E-state index contributed by atoms with van der Waals surface area (Å²) in [6.45, 7) is 3.84. The zero-order chi connectivity index (χ0) is 46.1. The topological polar surface area (TPSA) is 168 Å². The molecule has 3 N–H and O–H groups in total. The number of nitrogens with one attached hydrogen (secondary N) is 3. The number of amides is 2. The minimum atomic E-state index is -0.914. The highest BCUT2D eigenvalue weighted by atomic mass is 35.5. The number of nitrogens with zero attached hydrogens (tertiary/aromatic N) is 5. The van der Waals surface area contributed by atoms with Gasteiger partial charge in [-0.15, -0.1) is 0 Å². The van der Waals surface area contributed by atoms with Crippen molar-refractivity contribution in [3.63, 3.8) is 0 Å². The fraction of sp³-hybridized carbons (Fsp3) is 0.229. The van der Waals surface area contributed by atoms with E-state index in [0.717, 1.165) is 16.8 Å². The predicted octanol–water partition coefficient (Wildman–Crippen LogP) is 7.68. The van der Waals surface area contributed by atoms with Crippen LogP contribution < -0.4 is 30.5 Å². The molecule has 0 unspecified atom stereocenters. The zero-order valence-corrected chi connectivity index (χ0v) is 36.7. The number of benzene rings is 3. The number of carbonyl (C=O) groups is 4. The number of hydrogen-bond donors (Lipinski definition) is 3. The average molecular weight is 934 g/mol. The van der Waals surface area contributed by atoms with Crippen LogP contribution in [-0.2, 0) is 16.8 Å². The van der Waals surface area contributed by atoms with Gasteiger partial charge in [0.2, 0.25) is 0 Å². The zero-order valence-electron chi connectivity index (χ0n) is 35.2. The Morgan fingerprint density at radius 3 is 2.00 bits per heavy atom. The van der Waals surface area contributed by atoms with E-state index in [1.54, 1.807) is 36.4 Å². The molecule has 1 saturated carbocycles. The van der Waals surface area contributed by atoms with Gasteiger partial charge in [0.1, 0.15) is 35.1 Å². The molecule has 3 aromatic heterocycles. The third-order valence-electron chi connectivity index (χ3n) is 11.6. The first-order chi connectivity index (χ1) is 31.8. The Balaban J connectivity index is 0.759. The first-order valence-corrected chi connectivity index (χ1v) is 21.7. The standard InChI is InChI=1S/C48H40Cl2F2N8O6/c1-27-15-34(52)10-12-41(27)57-36-23-59(24-36)43-40(17-32(50)21-55-43)45(62)58-48(13-14-48)30-8-5-28(6-9-30)46(63)66-47(64)29-7-11-35(53-19-29)22-56-44(61)39-16-31(49)20-54-42(39)60-25-38(26-60)65-37-4-2-3-33(51)18-37/h2-12,15-21,36,38,57H,13-14,22-26H2,1H3,(H,56,61)(H,58,62). The van der Waals surface area contributed by atoms with Gasteiger partial charge in [-0.25, -0.2) is 28.3 Å². The third kappa shape index (κ3) is 9.74. The number of ether oxygens (including phenoxy) is 2. The van der Waals surface area contributed by atoms with Crippen molar-refractivity contribution in [1.29, 1.82) is 0 Å². The highest BCUT2D eigenvalue weighted by Gasteiger charge is 2.46. The Bertz CT molecular complexity index is 2860. The fourth-order valence-electron chi connectivity index (χ4n) is 7.81. The van der Waals surface area contributed by atoms with E-state index in [-0.39, 0.29) is 52.1 Å². The lowest BCUT2D eigenvalue weighted by molar-refractivity contribution is 0.0396. The Hall–Kier alpha value is -7.17. The molecule has 0 bridgehead atoms. The molecule has 2 aliphatic heterocycles. The molecule has 0 atom stereocenters. The second kappa shape index (κ2) is 18.4. The van der Waals surface area contributed by atoms with Crippen LogP contribution in [0.15, 0.2) is 110 Å². The molecular formula is C48H40Cl2F2N8O6. The quantitative estimate of drug-likeness (QED) is 0.0721. The van der Waals surface area contributed by atoms with Gasteiger partial charge in [0.25, 0.3) is 11.8 Å². The molecule has 14 nitrogen and oxygen atoms in total. The van der Waals surface area contributed by atoms with Crippen LogP contribution in [-0.4, -0.2) is 77.0 Å². The van der Waals surface area contributed by atoms with E-state index in [1.807, 2.05) is 16.7 Å². The van der Waals surface area contributed by atoms with Gasteiger partial charge in [0.05, 0.1) is 69.2 Å². The minimum Gasteiger partial charge on any atom is -0.487 e. The van der Waals surface area contributed by atoms with Crippen LogP contribution in [0, 0.1) is 18.6 Å². The average Bonchev–Trinajstić information content (AvgIpc) is 4.06. The number of anilines is 3. The molecule has 0 radical (unpaired) electrons. The summed E-state index contributed by atoms with van der Waals surface area (Å²) < 4.78 is 38.2. The Labute approximate surface area is 387 Å². The maximum atomic E-state index is 13.8. The van der Waals surface area contributed by atoms with Gasteiger partial charge in [0, 0.05) is 43.4 Å². The molecule has 3 fully saturated rings. The summed E-state index contributed by atoms with van der Waals surface area (Å²) in [6.07, 6.45) is 5.30. The Morgan fingerprint density at radius 1 is 0.727 bits per heavy atom. The molecular weight excluding hydrogens is 893 g/mol. The molecule has 18 heteroatoms. The number of rotatable bonds is 14. The van der Waals surface area contributed by atoms with Gasteiger partial charge in [-0.1, -0.05) is 41.4 Å². The van der Waals surface area contributed by atoms with Gasteiger partial charge in [-0.2, -0.15) is 0 Å². The van der Waals surface area contributed by atoms with Crippen molar-refractivity contribution < 1.29 is 37.4 Å². The monoisotopic (exact) mass is 932 g/mol. The summed E-state index contributed by atoms with van der Waals surface area (Å²) in [5, 5.41) is 9.95. The Kier molecular flexibility index (Phi) is 12.3. The maximum absolute atomic E-state index is 13.8. The summed E-state index contributed by atoms with van der Waals surface area (Å²) in [5.74, 6) is -1.97. The normalized spacial score (nSPS) is 15.2. The van der Waals surface area contributed by atoms with Crippen LogP contribution in [0.3, 0.4) is 0 Å². The second-order valence-corrected chi connectivity index (χ2v) is 17.2. The van der Waals surface area contributed by atoms with Crippen LogP contribution in [0.25, 0.3) is 0 Å². The van der Waals surface area contributed by atoms with Crippen molar-refractivity contribution in [2.24, 2.45) is 0 Å². The lowest BCUT2D eigenvalue weighted by Gasteiger charge is -2.41. The van der Waals surface area contributed by atoms with Gasteiger partial charge >= 0.3 is 11.9 Å². The number of halogens is 4. The molecule has 1 aliphatic carbocycles. The lowest BCUT2D eigenvalue weighted by atomic mass is 10.0. The summed E-state index contributed by atoms with van der Waals surface area (Å²) in [6, 6.07) is 23.1. The minimum absolute atomic E-state index is 0.00612. The number of pyridine rings is 3. The van der Waals surface area contributed by atoms with E-state index in [4.69, 9.17) is 32.7 Å². The van der Waals surface area contributed by atoms with E-state index < -0.39 is 29.2 Å². The van der Waals surface area contributed by atoms with Crippen molar-refractivity contribution in [2.75, 3.05) is 41.3 Å². The van der Waals surface area contributed by atoms with Crippen LogP contribution in [0.4, 0.5) is 26.1 Å². The van der Waals surface area contributed by atoms with Crippen molar-refractivity contribution in [1.82, 2.24) is 25.6 Å².